The number of carbonyl (C=O) groups is 9. The summed E-state index contributed by atoms with van der Waals surface area (Å²) in [6.07, 6.45) is 47.2. The van der Waals surface area contributed by atoms with Crippen LogP contribution in [-0.2, 0) is 28.8 Å². The number of phenols is 1. The molecule has 0 atom stereocenters. The standard InChI is InChI=1S/C14H26O4.C13H24O2.C12H24O2.C8H6O4.C7H12O2.C7H10O2.C7H6O2.C6H6O.10C3H9NO/c1-2-3-4-5-6-7-8-9-10-11-12(13(15)16)14(17)18;1-2-3-4-5-6-7-8-9-10-11-12-13(14)15;1-2-3-4-5-6-7-8-9-10-11-12(13)14;9-7(10)5-3-1-2-4-6(5)8(11)12;3*8-7(9)6-4-2-1-3-5-6;7-6-4-2-1-3-5-6;10*1-4-2-3-5/h12H,2-11H2,1H3,(H,15,16)(H,17,18);11-12H,2-10H2,1H3,(H,14,15);2-11H2,1H3,(H,13,14);1-4H,(H,9,10)(H,11,12);6H,1-5H2,(H,8,9);4H,1-3,5H2,(H,8,9);1-5H,(H,8,9);1-5,7H;10*4-5H,2-3H2,1H3. The summed E-state index contributed by atoms with van der Waals surface area (Å²) in [7, 11) is 18.0. The molecule has 0 spiro atoms. The number of carboxylic acid groups (broad SMARTS) is 9. The van der Waals surface area contributed by atoms with Gasteiger partial charge < -0.3 is 155 Å². The zero-order valence-electron chi connectivity index (χ0n) is 89.6. The van der Waals surface area contributed by atoms with E-state index < -0.39 is 59.6 Å². The summed E-state index contributed by atoms with van der Waals surface area (Å²) >= 11 is 0. The van der Waals surface area contributed by atoms with Gasteiger partial charge in [-0.3, -0.25) is 19.2 Å². The van der Waals surface area contributed by atoms with E-state index in [0.717, 1.165) is 89.9 Å². The van der Waals surface area contributed by atoms with E-state index in [9.17, 15) is 43.2 Å². The molecule has 0 radical (unpaired) electrons. The number of rotatable bonds is 57. The number of aliphatic carboxylic acids is 6. The van der Waals surface area contributed by atoms with Gasteiger partial charge in [0.1, 0.15) is 5.75 Å². The van der Waals surface area contributed by atoms with Crippen LogP contribution in [0.2, 0.25) is 0 Å². The Morgan fingerprint density at radius 2 is 0.601 bits per heavy atom. The summed E-state index contributed by atoms with van der Waals surface area (Å²) in [6.45, 7) is 15.9. The molecule has 0 bridgehead atoms. The topological polar surface area (TPSA) is 679 Å². The number of likely N-dealkylation sites (N-methyl/N-ethyl adjacent to an activating group) is 10. The van der Waals surface area contributed by atoms with Crippen molar-refractivity contribution in [3.05, 3.63) is 125 Å². The lowest BCUT2D eigenvalue weighted by Gasteiger charge is -2.16. The average Bonchev–Trinajstić information content (AvgIpc) is 0.858. The minimum Gasteiger partial charge on any atom is -0.508 e. The van der Waals surface area contributed by atoms with E-state index in [1.165, 1.54) is 165 Å². The van der Waals surface area contributed by atoms with Gasteiger partial charge in [0.05, 0.1) is 88.7 Å². The molecule has 0 aromatic heterocycles. The van der Waals surface area contributed by atoms with Crippen LogP contribution in [-0.4, -0.2) is 358 Å². The van der Waals surface area contributed by atoms with Gasteiger partial charge in [0.15, 0.2) is 5.92 Å². The summed E-state index contributed by atoms with van der Waals surface area (Å²) in [6, 6.07) is 22.5. The Bertz CT molecular complexity index is 2920. The number of phenolic OH excluding ortho intramolecular Hbond substituents is 1. The molecule has 1 fully saturated rings. The van der Waals surface area contributed by atoms with E-state index >= 15 is 0 Å². The highest BCUT2D eigenvalue weighted by Gasteiger charge is 2.25. The Hall–Kier alpha value is -8.63. The summed E-state index contributed by atoms with van der Waals surface area (Å²) in [5, 5.41) is 193. The third kappa shape index (κ3) is 170. The van der Waals surface area contributed by atoms with Gasteiger partial charge in [-0.25, -0.2) is 24.0 Å². The number of aromatic hydroxyl groups is 1. The van der Waals surface area contributed by atoms with Crippen molar-refractivity contribution in [2.75, 3.05) is 202 Å². The number of carboxylic acids is 9. The van der Waals surface area contributed by atoms with Gasteiger partial charge in [-0.05, 0) is 171 Å². The Labute approximate surface area is 857 Å². The molecule has 2 aliphatic rings. The molecular formula is C104H204N10O29. The maximum Gasteiger partial charge on any atom is 0.336 e. The number of hydrogen-bond donors (Lipinski definition) is 30. The predicted molar refractivity (Wildman–Crippen MR) is 574 cm³/mol. The highest BCUT2D eigenvalue weighted by Crippen LogP contribution is 2.24. The van der Waals surface area contributed by atoms with Crippen molar-refractivity contribution >= 4 is 53.7 Å². The van der Waals surface area contributed by atoms with Gasteiger partial charge >= 0.3 is 53.7 Å². The molecule has 39 heteroatoms. The first-order valence-corrected chi connectivity index (χ1v) is 50.6. The first-order valence-electron chi connectivity index (χ1n) is 50.6. The van der Waals surface area contributed by atoms with Gasteiger partial charge in [-0.1, -0.05) is 255 Å². The van der Waals surface area contributed by atoms with Crippen LogP contribution in [0.5, 0.6) is 5.75 Å². The van der Waals surface area contributed by atoms with Crippen LogP contribution < -0.4 is 53.2 Å². The van der Waals surface area contributed by atoms with E-state index in [2.05, 4.69) is 73.9 Å². The molecule has 39 nitrogen and oxygen atoms in total. The second-order valence-electron chi connectivity index (χ2n) is 31.2. The molecule has 0 amide bonds. The average molecular weight is 2060 g/mol. The molecule has 0 heterocycles. The third-order valence-electron chi connectivity index (χ3n) is 18.5. The number of allylic oxidation sites excluding steroid dienone is 2. The molecule has 5 rings (SSSR count). The molecule has 0 unspecified atom stereocenters. The summed E-state index contributed by atoms with van der Waals surface area (Å²) in [4.78, 5) is 93.4. The predicted octanol–water partition coefficient (Wildman–Crippen LogP) is 10.9. The summed E-state index contributed by atoms with van der Waals surface area (Å²) < 4.78 is 0. The number of aromatic carboxylic acids is 3. The minimum atomic E-state index is -1.23. The molecule has 844 valence electrons. The Morgan fingerprint density at radius 1 is 0.322 bits per heavy atom. The number of aliphatic hydroxyl groups is 10. The fourth-order valence-electron chi connectivity index (χ4n) is 10.5. The maximum absolute atomic E-state index is 10.6. The van der Waals surface area contributed by atoms with E-state index in [1.807, 2.05) is 12.1 Å². The lowest BCUT2D eigenvalue weighted by Crippen LogP contribution is -2.23. The van der Waals surface area contributed by atoms with Gasteiger partial charge in [0.2, 0.25) is 0 Å². The van der Waals surface area contributed by atoms with Crippen LogP contribution in [0.15, 0.2) is 109 Å². The number of hydrogen-bond acceptors (Lipinski definition) is 30. The van der Waals surface area contributed by atoms with Crippen molar-refractivity contribution in [2.45, 2.75) is 265 Å². The van der Waals surface area contributed by atoms with Crippen molar-refractivity contribution < 1.29 is 145 Å². The molecule has 3 aromatic carbocycles. The number of unbranched alkanes of at least 4 members (excludes halogenated alkanes) is 24. The molecule has 0 aliphatic heterocycles. The quantitative estimate of drug-likeness (QED) is 0.0142. The number of para-hydroxylation sites is 1. The number of benzene rings is 3. The molecule has 3 aromatic rings. The lowest BCUT2D eigenvalue weighted by molar-refractivity contribution is -0.155. The van der Waals surface area contributed by atoms with Crippen molar-refractivity contribution in [1.29, 1.82) is 0 Å². The van der Waals surface area contributed by atoms with Crippen molar-refractivity contribution in [1.82, 2.24) is 53.2 Å². The second kappa shape index (κ2) is 151. The largest absolute Gasteiger partial charge is 0.508 e. The maximum atomic E-state index is 10.6. The van der Waals surface area contributed by atoms with Gasteiger partial charge in [-0.2, -0.15) is 0 Å². The Morgan fingerprint density at radius 3 is 0.797 bits per heavy atom. The SMILES string of the molecule is CCCCCCCCCCC=CC(=O)O.CCCCCCCCCCCC(=O)O.CCCCCCCCCCCC(C(=O)O)C(=O)O.CNCCO.CNCCO.CNCCO.CNCCO.CNCCO.CNCCO.CNCCO.CNCCO.CNCCO.CNCCO.O=C(O)C1=CCCCC1.O=C(O)C1CCCCC1.O=C(O)c1ccccc1.O=C(O)c1ccccc1C(=O)O.Oc1ccccc1. The molecule has 30 N–H and O–H groups in total. The van der Waals surface area contributed by atoms with Crippen molar-refractivity contribution in [3.63, 3.8) is 0 Å². The first-order chi connectivity index (χ1) is 68.7. The van der Waals surface area contributed by atoms with E-state index in [-0.39, 0.29) is 89.5 Å². The highest BCUT2D eigenvalue weighted by molar-refractivity contribution is 6.01. The van der Waals surface area contributed by atoms with Crippen molar-refractivity contribution in [3.8, 4) is 5.75 Å². The van der Waals surface area contributed by atoms with E-state index in [4.69, 9.17) is 102 Å². The zero-order valence-corrected chi connectivity index (χ0v) is 89.6. The van der Waals surface area contributed by atoms with Gasteiger partial charge in [-0.15, -0.1) is 0 Å². The fourth-order valence-corrected chi connectivity index (χ4v) is 10.5. The highest BCUT2D eigenvalue weighted by atomic mass is 16.4. The molecule has 1 saturated carbocycles. The number of aliphatic hydroxyl groups excluding tert-OH is 10. The van der Waals surface area contributed by atoms with Crippen LogP contribution in [0.4, 0.5) is 0 Å². The second-order valence-corrected chi connectivity index (χ2v) is 31.2. The molecule has 0 saturated heterocycles. The van der Waals surface area contributed by atoms with Crippen LogP contribution in [0.25, 0.3) is 0 Å². The summed E-state index contributed by atoms with van der Waals surface area (Å²) in [5.41, 5.74) is 0.550. The van der Waals surface area contributed by atoms with Crippen LogP contribution in [0, 0.1) is 11.8 Å². The van der Waals surface area contributed by atoms with Crippen LogP contribution in [0.1, 0.15) is 296 Å². The fraction of sp³-hybridized carbons (Fsp3) is 0.702. The smallest absolute Gasteiger partial charge is 0.336 e. The third-order valence-corrected chi connectivity index (χ3v) is 18.5. The normalized spacial score (nSPS) is 10.8. The van der Waals surface area contributed by atoms with E-state index in [0.29, 0.717) is 95.2 Å². The molecular weight excluding hydrogens is 1850 g/mol. The molecule has 143 heavy (non-hydrogen) atoms. The van der Waals surface area contributed by atoms with Crippen LogP contribution in [0.3, 0.4) is 0 Å². The monoisotopic (exact) mass is 2060 g/mol. The first kappa shape index (κ1) is 162. The minimum absolute atomic E-state index is 0.0289. The van der Waals surface area contributed by atoms with E-state index in [1.54, 1.807) is 131 Å². The Kier molecular flexibility index (Phi) is 171. The molecule has 2 aliphatic carbocycles. The Balaban J connectivity index is -0.000000116. The lowest BCUT2D eigenvalue weighted by atomic mass is 9.90. The van der Waals surface area contributed by atoms with Crippen LogP contribution >= 0.6 is 0 Å². The van der Waals surface area contributed by atoms with Gasteiger partial charge in [0, 0.05) is 83.5 Å². The zero-order chi connectivity index (χ0) is 111. The van der Waals surface area contributed by atoms with Gasteiger partial charge in [0.25, 0.3) is 0 Å². The summed E-state index contributed by atoms with van der Waals surface area (Å²) in [5.74, 6) is -9.55. The number of nitrogens with one attached hydrogen (secondary N) is 10. The van der Waals surface area contributed by atoms with Crippen molar-refractivity contribution in [2.24, 2.45) is 11.8 Å².